The Labute approximate surface area is 147 Å². The fraction of sp³-hybridized carbons (Fsp3) is 0.611. The number of fused-ring (bicyclic) bond motifs is 2. The van der Waals surface area contributed by atoms with Crippen LogP contribution in [0.25, 0.3) is 5.57 Å². The van der Waals surface area contributed by atoms with Gasteiger partial charge in [-0.3, -0.25) is 0 Å². The Hall–Kier alpha value is -1.56. The molecule has 0 amide bonds. The summed E-state index contributed by atoms with van der Waals surface area (Å²) in [7, 11) is 0. The Balaban J connectivity index is 1.71. The van der Waals surface area contributed by atoms with E-state index in [1.807, 2.05) is 6.26 Å². The highest BCUT2D eigenvalue weighted by Gasteiger charge is 2.32. The number of thioether (sulfide) groups is 1. The standard InChI is InChI=1S/C18H24N4OS/c1-11-7-9-12(10-8-11)16-19-14-6-4-3-5-13(14)15-17(23-16)20-18(24-2)22-21-15/h7,12,16,19H,3-6,8-10H2,1-2H3. The maximum atomic E-state index is 6.36. The van der Waals surface area contributed by atoms with Crippen LogP contribution in [-0.2, 0) is 0 Å². The van der Waals surface area contributed by atoms with Crippen molar-refractivity contribution in [2.45, 2.75) is 63.3 Å². The lowest BCUT2D eigenvalue weighted by Gasteiger charge is -2.31. The number of hydrogen-bond donors (Lipinski definition) is 1. The molecule has 3 aliphatic rings. The molecule has 0 aromatic carbocycles. The maximum Gasteiger partial charge on any atom is 0.246 e. The van der Waals surface area contributed by atoms with Crippen molar-refractivity contribution in [3.8, 4) is 5.88 Å². The molecule has 6 heteroatoms. The summed E-state index contributed by atoms with van der Waals surface area (Å²) < 4.78 is 6.36. The van der Waals surface area contributed by atoms with E-state index >= 15 is 0 Å². The number of ether oxygens (including phenoxy) is 1. The van der Waals surface area contributed by atoms with Gasteiger partial charge in [-0.2, -0.15) is 4.98 Å². The van der Waals surface area contributed by atoms with Crippen molar-refractivity contribution >= 4 is 17.3 Å². The van der Waals surface area contributed by atoms with Crippen molar-refractivity contribution in [2.24, 2.45) is 5.92 Å². The third kappa shape index (κ3) is 3.04. The minimum Gasteiger partial charge on any atom is -0.452 e. The zero-order valence-corrected chi connectivity index (χ0v) is 15.2. The highest BCUT2D eigenvalue weighted by Crippen LogP contribution is 2.38. The van der Waals surface area contributed by atoms with Gasteiger partial charge in [-0.05, 0) is 58.1 Å². The first-order chi connectivity index (χ1) is 11.7. The first-order valence-corrected chi connectivity index (χ1v) is 10.1. The molecule has 5 nitrogen and oxygen atoms in total. The van der Waals surface area contributed by atoms with E-state index in [2.05, 4.69) is 33.5 Å². The van der Waals surface area contributed by atoms with Gasteiger partial charge in [-0.25, -0.2) is 0 Å². The zero-order valence-electron chi connectivity index (χ0n) is 14.3. The molecule has 2 unspecified atom stereocenters. The first-order valence-electron chi connectivity index (χ1n) is 8.84. The van der Waals surface area contributed by atoms with E-state index in [-0.39, 0.29) is 6.23 Å². The van der Waals surface area contributed by atoms with Gasteiger partial charge in [0.2, 0.25) is 11.0 Å². The minimum atomic E-state index is -0.0230. The van der Waals surface area contributed by atoms with Crippen LogP contribution in [0.4, 0.5) is 0 Å². The van der Waals surface area contributed by atoms with Crippen LogP contribution in [0, 0.1) is 5.92 Å². The number of nitrogens with one attached hydrogen (secondary N) is 1. The topological polar surface area (TPSA) is 59.9 Å². The summed E-state index contributed by atoms with van der Waals surface area (Å²) >= 11 is 1.50. The molecule has 0 saturated heterocycles. The fourth-order valence-corrected chi connectivity index (χ4v) is 4.07. The van der Waals surface area contributed by atoms with Gasteiger partial charge in [0, 0.05) is 17.2 Å². The molecule has 2 heterocycles. The molecular formula is C18H24N4OS. The molecule has 0 fully saturated rings. The Morgan fingerprint density at radius 3 is 2.88 bits per heavy atom. The van der Waals surface area contributed by atoms with Crippen LogP contribution in [0.5, 0.6) is 5.88 Å². The van der Waals surface area contributed by atoms with Crippen molar-refractivity contribution in [2.75, 3.05) is 6.26 Å². The Morgan fingerprint density at radius 1 is 1.21 bits per heavy atom. The van der Waals surface area contributed by atoms with Crippen LogP contribution in [0.1, 0.15) is 57.6 Å². The molecule has 2 atom stereocenters. The third-order valence-electron chi connectivity index (χ3n) is 5.23. The van der Waals surface area contributed by atoms with Crippen LogP contribution in [0.2, 0.25) is 0 Å². The monoisotopic (exact) mass is 344 g/mol. The molecule has 0 bridgehead atoms. The smallest absolute Gasteiger partial charge is 0.246 e. The quantitative estimate of drug-likeness (QED) is 0.648. The van der Waals surface area contributed by atoms with Gasteiger partial charge in [0.25, 0.3) is 0 Å². The number of rotatable bonds is 2. The van der Waals surface area contributed by atoms with Crippen molar-refractivity contribution in [1.29, 1.82) is 0 Å². The van der Waals surface area contributed by atoms with Crippen molar-refractivity contribution in [3.63, 3.8) is 0 Å². The van der Waals surface area contributed by atoms with Crippen molar-refractivity contribution in [1.82, 2.24) is 20.5 Å². The maximum absolute atomic E-state index is 6.36. The summed E-state index contributed by atoms with van der Waals surface area (Å²) in [5.41, 5.74) is 4.89. The second-order valence-electron chi connectivity index (χ2n) is 6.88. The molecule has 4 rings (SSSR count). The van der Waals surface area contributed by atoms with E-state index in [0.29, 0.717) is 17.0 Å². The molecule has 1 aromatic heterocycles. The van der Waals surface area contributed by atoms with E-state index in [9.17, 15) is 0 Å². The summed E-state index contributed by atoms with van der Waals surface area (Å²) in [6.45, 7) is 2.22. The van der Waals surface area contributed by atoms with E-state index in [0.717, 1.165) is 37.8 Å². The summed E-state index contributed by atoms with van der Waals surface area (Å²) in [6, 6.07) is 0. The number of nitrogens with zero attached hydrogens (tertiary/aromatic N) is 3. The average Bonchev–Trinajstić information content (AvgIpc) is 2.78. The second kappa shape index (κ2) is 6.75. The second-order valence-corrected chi connectivity index (χ2v) is 7.66. The van der Waals surface area contributed by atoms with E-state index in [4.69, 9.17) is 4.74 Å². The van der Waals surface area contributed by atoms with E-state index in [1.54, 1.807) is 0 Å². The molecule has 128 valence electrons. The van der Waals surface area contributed by atoms with Crippen LogP contribution < -0.4 is 10.1 Å². The van der Waals surface area contributed by atoms with Gasteiger partial charge in [0.05, 0.1) is 0 Å². The van der Waals surface area contributed by atoms with E-state index in [1.165, 1.54) is 41.4 Å². The molecule has 1 aliphatic heterocycles. The average molecular weight is 344 g/mol. The number of hydrogen-bond acceptors (Lipinski definition) is 6. The van der Waals surface area contributed by atoms with Gasteiger partial charge in [0.15, 0.2) is 11.9 Å². The van der Waals surface area contributed by atoms with E-state index < -0.39 is 0 Å². The van der Waals surface area contributed by atoms with Crippen LogP contribution in [0.15, 0.2) is 22.5 Å². The summed E-state index contributed by atoms with van der Waals surface area (Å²) in [6.07, 6.45) is 12.2. The lowest BCUT2D eigenvalue weighted by atomic mass is 9.88. The van der Waals surface area contributed by atoms with Gasteiger partial charge in [-0.15, -0.1) is 10.2 Å². The first kappa shape index (κ1) is 15.9. The molecule has 0 radical (unpaired) electrons. The van der Waals surface area contributed by atoms with Crippen molar-refractivity contribution < 1.29 is 4.74 Å². The molecule has 1 aromatic rings. The zero-order chi connectivity index (χ0) is 16.5. The molecule has 24 heavy (non-hydrogen) atoms. The van der Waals surface area contributed by atoms with Crippen LogP contribution in [-0.4, -0.2) is 27.7 Å². The minimum absolute atomic E-state index is 0.0230. The van der Waals surface area contributed by atoms with Gasteiger partial charge in [-0.1, -0.05) is 23.4 Å². The van der Waals surface area contributed by atoms with Crippen LogP contribution >= 0.6 is 11.8 Å². The number of allylic oxidation sites excluding steroid dienone is 4. The molecule has 0 spiro atoms. The third-order valence-corrected chi connectivity index (χ3v) is 5.77. The van der Waals surface area contributed by atoms with Gasteiger partial charge >= 0.3 is 0 Å². The summed E-state index contributed by atoms with van der Waals surface area (Å²) in [4.78, 5) is 4.62. The predicted molar refractivity (Wildman–Crippen MR) is 95.6 cm³/mol. The molecular weight excluding hydrogens is 320 g/mol. The summed E-state index contributed by atoms with van der Waals surface area (Å²) in [5, 5.41) is 13.1. The lowest BCUT2D eigenvalue weighted by Crippen LogP contribution is -2.41. The molecule has 2 aliphatic carbocycles. The van der Waals surface area contributed by atoms with Gasteiger partial charge < -0.3 is 10.1 Å². The largest absolute Gasteiger partial charge is 0.452 e. The SMILES string of the molecule is CSc1nnc2c(n1)OC(C1CC=C(C)CC1)NC1=C2CCCC1. The number of aromatic nitrogens is 3. The van der Waals surface area contributed by atoms with Gasteiger partial charge in [0.1, 0.15) is 0 Å². The Morgan fingerprint density at radius 2 is 2.08 bits per heavy atom. The molecule has 1 N–H and O–H groups in total. The summed E-state index contributed by atoms with van der Waals surface area (Å²) in [5.74, 6) is 1.13. The lowest BCUT2D eigenvalue weighted by molar-refractivity contribution is 0.0968. The highest BCUT2D eigenvalue weighted by molar-refractivity contribution is 7.98. The predicted octanol–water partition coefficient (Wildman–Crippen LogP) is 3.93. The highest BCUT2D eigenvalue weighted by atomic mass is 32.2. The normalized spacial score (nSPS) is 26.5. The van der Waals surface area contributed by atoms with Crippen LogP contribution in [0.3, 0.4) is 0 Å². The Bertz CT molecular complexity index is 700. The fourth-order valence-electron chi connectivity index (χ4n) is 3.78. The van der Waals surface area contributed by atoms with Crippen molar-refractivity contribution in [3.05, 3.63) is 23.0 Å². The molecule has 0 saturated carbocycles. The Kier molecular flexibility index (Phi) is 4.48.